The molecule has 0 unspecified atom stereocenters. The van der Waals surface area contributed by atoms with Gasteiger partial charge >= 0.3 is 12.0 Å². The fraction of sp³-hybridized carbons (Fsp3) is 0.250. The van der Waals surface area contributed by atoms with Gasteiger partial charge in [0.1, 0.15) is 0 Å². The number of nitrogens with zero attached hydrogens (tertiary/aromatic N) is 2. The van der Waals surface area contributed by atoms with Crippen LogP contribution in [0.15, 0.2) is 22.7 Å². The number of aromatic carboxylic acids is 1. The van der Waals surface area contributed by atoms with Crippen LogP contribution in [-0.2, 0) is 0 Å². The van der Waals surface area contributed by atoms with E-state index < -0.39 is 12.0 Å². The average Bonchev–Trinajstić information content (AvgIpc) is 2.34. The molecule has 2 amide bonds. The highest BCUT2D eigenvalue weighted by atomic mass is 79.9. The number of halogens is 1. The molecule has 0 bridgehead atoms. The molecular formula is C12H12BrN3O3. The fourth-order valence-corrected chi connectivity index (χ4v) is 1.82. The second-order valence-electron chi connectivity index (χ2n) is 3.79. The lowest BCUT2D eigenvalue weighted by Crippen LogP contribution is -2.32. The summed E-state index contributed by atoms with van der Waals surface area (Å²) in [7, 11) is 1.56. The zero-order valence-electron chi connectivity index (χ0n) is 10.2. The second kappa shape index (κ2) is 6.75. The van der Waals surface area contributed by atoms with E-state index in [0.29, 0.717) is 16.7 Å². The lowest BCUT2D eigenvalue weighted by molar-refractivity contribution is 0.0697. The minimum Gasteiger partial charge on any atom is -0.478 e. The second-order valence-corrected chi connectivity index (χ2v) is 4.71. The van der Waals surface area contributed by atoms with E-state index in [2.05, 4.69) is 21.2 Å². The van der Waals surface area contributed by atoms with E-state index in [1.54, 1.807) is 13.1 Å². The number of carboxylic acids is 1. The number of carbonyl (C=O) groups excluding carboxylic acids is 1. The van der Waals surface area contributed by atoms with Gasteiger partial charge in [-0.05, 0) is 18.2 Å². The third-order valence-electron chi connectivity index (χ3n) is 2.30. The van der Waals surface area contributed by atoms with Crippen molar-refractivity contribution in [3.63, 3.8) is 0 Å². The number of benzene rings is 1. The summed E-state index contributed by atoms with van der Waals surface area (Å²) in [6.45, 7) is 0.308. The van der Waals surface area contributed by atoms with Crippen LogP contribution < -0.4 is 5.32 Å². The third kappa shape index (κ3) is 4.60. The number of rotatable bonds is 4. The van der Waals surface area contributed by atoms with Crippen molar-refractivity contribution in [3.05, 3.63) is 28.2 Å². The number of carbonyl (C=O) groups is 2. The molecule has 100 valence electrons. The summed E-state index contributed by atoms with van der Waals surface area (Å²) in [4.78, 5) is 24.0. The third-order valence-corrected chi connectivity index (χ3v) is 2.76. The van der Waals surface area contributed by atoms with Gasteiger partial charge in [0.25, 0.3) is 0 Å². The molecule has 0 atom stereocenters. The highest BCUT2D eigenvalue weighted by molar-refractivity contribution is 9.10. The Bertz CT molecular complexity index is 540. The van der Waals surface area contributed by atoms with Gasteiger partial charge in [-0.3, -0.25) is 0 Å². The minimum atomic E-state index is -1.07. The number of carboxylic acid groups (broad SMARTS) is 1. The molecule has 2 N–H and O–H groups in total. The van der Waals surface area contributed by atoms with Gasteiger partial charge in [-0.15, -0.1) is 0 Å². The largest absolute Gasteiger partial charge is 0.478 e. The highest BCUT2D eigenvalue weighted by Crippen LogP contribution is 2.20. The predicted octanol–water partition coefficient (Wildman–Crippen LogP) is 2.52. The maximum Gasteiger partial charge on any atom is 0.335 e. The van der Waals surface area contributed by atoms with E-state index in [1.807, 2.05) is 6.07 Å². The molecule has 0 aliphatic carbocycles. The van der Waals surface area contributed by atoms with Crippen molar-refractivity contribution in [2.24, 2.45) is 0 Å². The first-order valence-corrected chi connectivity index (χ1v) is 6.16. The van der Waals surface area contributed by atoms with E-state index in [1.165, 1.54) is 17.0 Å². The molecule has 19 heavy (non-hydrogen) atoms. The van der Waals surface area contributed by atoms with Crippen LogP contribution in [-0.4, -0.2) is 35.6 Å². The lowest BCUT2D eigenvalue weighted by Gasteiger charge is -2.16. The smallest absolute Gasteiger partial charge is 0.335 e. The van der Waals surface area contributed by atoms with E-state index in [0.717, 1.165) is 0 Å². The van der Waals surface area contributed by atoms with Gasteiger partial charge in [0.15, 0.2) is 0 Å². The Morgan fingerprint density at radius 3 is 2.74 bits per heavy atom. The highest BCUT2D eigenvalue weighted by Gasteiger charge is 2.11. The van der Waals surface area contributed by atoms with Crippen molar-refractivity contribution in [1.82, 2.24) is 4.90 Å². The lowest BCUT2D eigenvalue weighted by atomic mass is 10.2. The summed E-state index contributed by atoms with van der Waals surface area (Å²) >= 11 is 3.18. The summed E-state index contributed by atoms with van der Waals surface area (Å²) in [6.07, 6.45) is 0.239. The molecule has 0 fully saturated rings. The molecule has 0 radical (unpaired) electrons. The number of nitriles is 1. The van der Waals surface area contributed by atoms with Gasteiger partial charge in [0.2, 0.25) is 0 Å². The average molecular weight is 326 g/mol. The molecule has 0 aliphatic heterocycles. The molecule has 7 heteroatoms. The van der Waals surface area contributed by atoms with Crippen molar-refractivity contribution in [2.75, 3.05) is 18.9 Å². The number of nitrogens with one attached hydrogen (secondary N) is 1. The first-order chi connectivity index (χ1) is 8.93. The first-order valence-electron chi connectivity index (χ1n) is 5.37. The molecule has 0 aromatic heterocycles. The molecule has 0 aliphatic rings. The molecular weight excluding hydrogens is 314 g/mol. The number of anilines is 1. The molecule has 0 saturated carbocycles. The Hall–Kier alpha value is -2.07. The van der Waals surface area contributed by atoms with Gasteiger partial charge in [-0.2, -0.15) is 5.26 Å². The van der Waals surface area contributed by atoms with Crippen LogP contribution in [0.4, 0.5) is 10.5 Å². The van der Waals surface area contributed by atoms with Crippen molar-refractivity contribution in [3.8, 4) is 6.07 Å². The van der Waals surface area contributed by atoms with E-state index in [-0.39, 0.29) is 12.0 Å². The Morgan fingerprint density at radius 1 is 1.47 bits per heavy atom. The summed E-state index contributed by atoms with van der Waals surface area (Å²) < 4.78 is 0.558. The normalized spacial score (nSPS) is 9.53. The van der Waals surface area contributed by atoms with Crippen LogP contribution in [0, 0.1) is 11.3 Å². The Balaban J connectivity index is 2.79. The van der Waals surface area contributed by atoms with Gasteiger partial charge < -0.3 is 15.3 Å². The van der Waals surface area contributed by atoms with Crippen molar-refractivity contribution in [1.29, 1.82) is 5.26 Å². The van der Waals surface area contributed by atoms with Crippen LogP contribution in [0.25, 0.3) is 0 Å². The minimum absolute atomic E-state index is 0.0735. The summed E-state index contributed by atoms with van der Waals surface area (Å²) in [5.41, 5.74) is 0.449. The standard InChI is InChI=1S/C12H12BrN3O3/c1-16(4-2-3-14)12(19)15-10-6-8(11(17)18)5-9(13)7-10/h5-7H,2,4H2,1H3,(H,15,19)(H,17,18). The maximum absolute atomic E-state index is 11.8. The van der Waals surface area contributed by atoms with Crippen molar-refractivity contribution in [2.45, 2.75) is 6.42 Å². The number of hydrogen-bond acceptors (Lipinski definition) is 3. The van der Waals surface area contributed by atoms with Gasteiger partial charge in [-0.25, -0.2) is 9.59 Å². The van der Waals surface area contributed by atoms with E-state index in [4.69, 9.17) is 10.4 Å². The number of urea groups is 1. The molecule has 6 nitrogen and oxygen atoms in total. The molecule has 0 spiro atoms. The quantitative estimate of drug-likeness (QED) is 0.889. The first kappa shape index (κ1) is 15.0. The van der Waals surface area contributed by atoms with Gasteiger partial charge in [0.05, 0.1) is 18.1 Å². The zero-order chi connectivity index (χ0) is 14.4. The summed E-state index contributed by atoms with van der Waals surface area (Å²) in [5.74, 6) is -1.07. The Morgan fingerprint density at radius 2 is 2.16 bits per heavy atom. The van der Waals surface area contributed by atoms with E-state index in [9.17, 15) is 9.59 Å². The van der Waals surface area contributed by atoms with Crippen LogP contribution in [0.5, 0.6) is 0 Å². The Kier molecular flexibility index (Phi) is 5.33. The van der Waals surface area contributed by atoms with Crippen molar-refractivity contribution < 1.29 is 14.7 Å². The molecule has 1 rings (SSSR count). The summed E-state index contributed by atoms with van der Waals surface area (Å²) in [5, 5.41) is 19.9. The maximum atomic E-state index is 11.8. The van der Waals surface area contributed by atoms with Gasteiger partial charge in [0, 0.05) is 23.8 Å². The van der Waals surface area contributed by atoms with Crippen LogP contribution in [0.1, 0.15) is 16.8 Å². The van der Waals surface area contributed by atoms with E-state index >= 15 is 0 Å². The molecule has 1 aromatic carbocycles. The molecule has 0 heterocycles. The van der Waals surface area contributed by atoms with Crippen LogP contribution >= 0.6 is 15.9 Å². The number of amides is 2. The molecule has 0 saturated heterocycles. The SMILES string of the molecule is CN(CCC#N)C(=O)Nc1cc(Br)cc(C(=O)O)c1. The number of hydrogen-bond donors (Lipinski definition) is 2. The summed E-state index contributed by atoms with van der Waals surface area (Å²) in [6, 6.07) is 5.95. The molecule has 1 aromatic rings. The van der Waals surface area contributed by atoms with Crippen LogP contribution in [0.2, 0.25) is 0 Å². The zero-order valence-corrected chi connectivity index (χ0v) is 11.8. The fourth-order valence-electron chi connectivity index (χ4n) is 1.32. The topological polar surface area (TPSA) is 93.4 Å². The Labute approximate surface area is 118 Å². The predicted molar refractivity (Wildman–Crippen MR) is 73.0 cm³/mol. The van der Waals surface area contributed by atoms with Crippen LogP contribution in [0.3, 0.4) is 0 Å². The monoisotopic (exact) mass is 325 g/mol. The van der Waals surface area contributed by atoms with Crippen molar-refractivity contribution >= 4 is 33.6 Å². The van der Waals surface area contributed by atoms with Gasteiger partial charge in [-0.1, -0.05) is 15.9 Å².